The van der Waals surface area contributed by atoms with Gasteiger partial charge in [-0.15, -0.1) is 0 Å². The van der Waals surface area contributed by atoms with Crippen LogP contribution in [0.4, 0.5) is 0 Å². The van der Waals surface area contributed by atoms with Gasteiger partial charge in [-0.3, -0.25) is 9.59 Å². The topological polar surface area (TPSA) is 49.4 Å². The standard InChI is InChI=1S/C15H19ClN2O2/c1-11(19)18-7-3-5-13(10-18)15(20)17-9-12-4-2-6-14(16)8-12/h2,4,6,8,13H,3,5,7,9-10H2,1H3,(H,17,20)/t13-/m0/s1. The van der Waals surface area contributed by atoms with Crippen LogP contribution in [-0.2, 0) is 16.1 Å². The summed E-state index contributed by atoms with van der Waals surface area (Å²) in [7, 11) is 0. The first-order valence-electron chi connectivity index (χ1n) is 6.84. The second-order valence-electron chi connectivity index (χ2n) is 5.15. The van der Waals surface area contributed by atoms with Crippen LogP contribution in [0.3, 0.4) is 0 Å². The molecule has 0 saturated carbocycles. The van der Waals surface area contributed by atoms with E-state index in [2.05, 4.69) is 5.32 Å². The number of piperidine rings is 1. The fourth-order valence-corrected chi connectivity index (χ4v) is 2.67. The minimum absolute atomic E-state index is 0.0101. The summed E-state index contributed by atoms with van der Waals surface area (Å²) in [6, 6.07) is 7.43. The highest BCUT2D eigenvalue weighted by Gasteiger charge is 2.26. The lowest BCUT2D eigenvalue weighted by molar-refractivity contribution is -0.134. The molecular weight excluding hydrogens is 276 g/mol. The van der Waals surface area contributed by atoms with Crippen LogP contribution in [0.25, 0.3) is 0 Å². The van der Waals surface area contributed by atoms with Crippen LogP contribution in [0.5, 0.6) is 0 Å². The molecule has 1 aliphatic heterocycles. The average molecular weight is 295 g/mol. The lowest BCUT2D eigenvalue weighted by Crippen LogP contribution is -2.44. The maximum Gasteiger partial charge on any atom is 0.225 e. The van der Waals surface area contributed by atoms with Gasteiger partial charge in [-0.2, -0.15) is 0 Å². The number of benzene rings is 1. The highest BCUT2D eigenvalue weighted by Crippen LogP contribution is 2.17. The predicted octanol–water partition coefficient (Wildman–Crippen LogP) is 2.21. The molecule has 0 bridgehead atoms. The minimum atomic E-state index is -0.105. The molecule has 1 fully saturated rings. The van der Waals surface area contributed by atoms with Gasteiger partial charge in [-0.05, 0) is 30.5 Å². The Bertz CT molecular complexity index is 504. The molecule has 1 atom stereocenters. The molecule has 0 radical (unpaired) electrons. The molecule has 4 nitrogen and oxygen atoms in total. The van der Waals surface area contributed by atoms with E-state index in [9.17, 15) is 9.59 Å². The van der Waals surface area contributed by atoms with E-state index in [0.717, 1.165) is 24.9 Å². The SMILES string of the molecule is CC(=O)N1CCC[C@H](C(=O)NCc2cccc(Cl)c2)C1. The lowest BCUT2D eigenvalue weighted by Gasteiger charge is -2.31. The van der Waals surface area contributed by atoms with Crippen molar-refractivity contribution in [1.82, 2.24) is 10.2 Å². The summed E-state index contributed by atoms with van der Waals surface area (Å²) in [6.07, 6.45) is 1.72. The van der Waals surface area contributed by atoms with Crippen LogP contribution in [0, 0.1) is 5.92 Å². The molecular formula is C15H19ClN2O2. The number of nitrogens with zero attached hydrogens (tertiary/aromatic N) is 1. The van der Waals surface area contributed by atoms with E-state index >= 15 is 0 Å². The van der Waals surface area contributed by atoms with Gasteiger partial charge < -0.3 is 10.2 Å². The Morgan fingerprint density at radius 2 is 2.25 bits per heavy atom. The molecule has 1 aromatic carbocycles. The molecule has 1 N–H and O–H groups in total. The quantitative estimate of drug-likeness (QED) is 0.929. The Balaban J connectivity index is 1.87. The van der Waals surface area contributed by atoms with Crippen molar-refractivity contribution in [3.63, 3.8) is 0 Å². The summed E-state index contributed by atoms with van der Waals surface area (Å²) in [5.74, 6) is -0.0555. The summed E-state index contributed by atoms with van der Waals surface area (Å²) >= 11 is 5.91. The number of amides is 2. The predicted molar refractivity (Wildman–Crippen MR) is 78.3 cm³/mol. The second kappa shape index (κ2) is 6.75. The molecule has 2 amide bonds. The van der Waals surface area contributed by atoms with Crippen LogP contribution in [0.2, 0.25) is 5.02 Å². The second-order valence-corrected chi connectivity index (χ2v) is 5.59. The van der Waals surface area contributed by atoms with Gasteiger partial charge in [0.15, 0.2) is 0 Å². The van der Waals surface area contributed by atoms with Crippen molar-refractivity contribution in [1.29, 1.82) is 0 Å². The normalized spacial score (nSPS) is 18.7. The Hall–Kier alpha value is -1.55. The van der Waals surface area contributed by atoms with Gasteiger partial charge in [-0.25, -0.2) is 0 Å². The van der Waals surface area contributed by atoms with Crippen molar-refractivity contribution in [2.45, 2.75) is 26.3 Å². The highest BCUT2D eigenvalue weighted by atomic mass is 35.5. The summed E-state index contributed by atoms with van der Waals surface area (Å²) in [6.45, 7) is 3.30. The Labute approximate surface area is 124 Å². The van der Waals surface area contributed by atoms with Crippen molar-refractivity contribution in [2.75, 3.05) is 13.1 Å². The average Bonchev–Trinajstić information content (AvgIpc) is 2.45. The number of hydrogen-bond donors (Lipinski definition) is 1. The lowest BCUT2D eigenvalue weighted by atomic mass is 9.97. The molecule has 0 aliphatic carbocycles. The number of halogens is 1. The van der Waals surface area contributed by atoms with Crippen molar-refractivity contribution in [3.05, 3.63) is 34.9 Å². The van der Waals surface area contributed by atoms with Gasteiger partial charge in [-0.1, -0.05) is 23.7 Å². The summed E-state index contributed by atoms with van der Waals surface area (Å²) in [5, 5.41) is 3.58. The number of rotatable bonds is 3. The van der Waals surface area contributed by atoms with Crippen molar-refractivity contribution in [2.24, 2.45) is 5.92 Å². The maximum atomic E-state index is 12.1. The van der Waals surface area contributed by atoms with E-state index < -0.39 is 0 Å². The van der Waals surface area contributed by atoms with Crippen LogP contribution in [0.1, 0.15) is 25.3 Å². The van der Waals surface area contributed by atoms with E-state index in [1.54, 1.807) is 17.9 Å². The van der Waals surface area contributed by atoms with Crippen LogP contribution in [-0.4, -0.2) is 29.8 Å². The molecule has 1 heterocycles. The zero-order valence-electron chi connectivity index (χ0n) is 11.6. The first-order valence-corrected chi connectivity index (χ1v) is 7.21. The first kappa shape index (κ1) is 14.9. The molecule has 20 heavy (non-hydrogen) atoms. The van der Waals surface area contributed by atoms with Gasteiger partial charge in [0, 0.05) is 31.6 Å². The third-order valence-electron chi connectivity index (χ3n) is 3.59. The number of nitrogens with one attached hydrogen (secondary N) is 1. The van der Waals surface area contributed by atoms with Gasteiger partial charge in [0.25, 0.3) is 0 Å². The van der Waals surface area contributed by atoms with Crippen molar-refractivity contribution in [3.8, 4) is 0 Å². The molecule has 0 aromatic heterocycles. The zero-order chi connectivity index (χ0) is 14.5. The van der Waals surface area contributed by atoms with Gasteiger partial charge >= 0.3 is 0 Å². The van der Waals surface area contributed by atoms with Crippen LogP contribution in [0.15, 0.2) is 24.3 Å². The summed E-state index contributed by atoms with van der Waals surface area (Å²) < 4.78 is 0. The smallest absolute Gasteiger partial charge is 0.225 e. The van der Waals surface area contributed by atoms with Gasteiger partial charge in [0.2, 0.25) is 11.8 Å². The van der Waals surface area contributed by atoms with E-state index in [1.165, 1.54) is 0 Å². The molecule has 2 rings (SSSR count). The van der Waals surface area contributed by atoms with Gasteiger partial charge in [0.05, 0.1) is 5.92 Å². The Morgan fingerprint density at radius 3 is 2.95 bits per heavy atom. The summed E-state index contributed by atoms with van der Waals surface area (Å²) in [5.41, 5.74) is 0.977. The van der Waals surface area contributed by atoms with E-state index in [-0.39, 0.29) is 17.7 Å². The highest BCUT2D eigenvalue weighted by molar-refractivity contribution is 6.30. The van der Waals surface area contributed by atoms with Crippen LogP contribution >= 0.6 is 11.6 Å². The number of hydrogen-bond acceptors (Lipinski definition) is 2. The van der Waals surface area contributed by atoms with Crippen molar-refractivity contribution >= 4 is 23.4 Å². The monoisotopic (exact) mass is 294 g/mol. The molecule has 0 unspecified atom stereocenters. The molecule has 1 aliphatic rings. The van der Waals surface area contributed by atoms with E-state index in [0.29, 0.717) is 18.1 Å². The number of carbonyl (C=O) groups is 2. The minimum Gasteiger partial charge on any atom is -0.352 e. The summed E-state index contributed by atoms with van der Waals surface area (Å²) in [4.78, 5) is 25.2. The molecule has 108 valence electrons. The fourth-order valence-electron chi connectivity index (χ4n) is 2.46. The first-order chi connectivity index (χ1) is 9.56. The van der Waals surface area contributed by atoms with Crippen LogP contribution < -0.4 is 5.32 Å². The fraction of sp³-hybridized carbons (Fsp3) is 0.467. The molecule has 1 saturated heterocycles. The largest absolute Gasteiger partial charge is 0.352 e. The molecule has 0 spiro atoms. The maximum absolute atomic E-state index is 12.1. The van der Waals surface area contributed by atoms with Gasteiger partial charge in [0.1, 0.15) is 0 Å². The number of carbonyl (C=O) groups excluding carboxylic acids is 2. The third-order valence-corrected chi connectivity index (χ3v) is 3.83. The van der Waals surface area contributed by atoms with E-state index in [1.807, 2.05) is 18.2 Å². The molecule has 1 aromatic rings. The Morgan fingerprint density at radius 1 is 1.45 bits per heavy atom. The molecule has 5 heteroatoms. The van der Waals surface area contributed by atoms with E-state index in [4.69, 9.17) is 11.6 Å². The third kappa shape index (κ3) is 3.97. The number of likely N-dealkylation sites (tertiary alicyclic amines) is 1. The zero-order valence-corrected chi connectivity index (χ0v) is 12.3. The van der Waals surface area contributed by atoms with Crippen molar-refractivity contribution < 1.29 is 9.59 Å². The Kier molecular flexibility index (Phi) is 5.01.